The molecule has 0 bridgehead atoms. The maximum Gasteiger partial charge on any atom is 0.387 e. The van der Waals surface area contributed by atoms with Crippen LogP contribution in [0.1, 0.15) is 34.8 Å². The molecule has 1 unspecified atom stereocenters. The second-order valence-electron chi connectivity index (χ2n) is 5.94. The Morgan fingerprint density at radius 3 is 2.40 bits per heavy atom. The van der Waals surface area contributed by atoms with Gasteiger partial charge in [0.1, 0.15) is 11.5 Å². The summed E-state index contributed by atoms with van der Waals surface area (Å²) in [6.07, 6.45) is 2.04. The zero-order valence-electron chi connectivity index (χ0n) is 13.7. The summed E-state index contributed by atoms with van der Waals surface area (Å²) in [5, 5.41) is 2.96. The smallest absolute Gasteiger partial charge is 0.387 e. The van der Waals surface area contributed by atoms with Gasteiger partial charge in [-0.25, -0.2) is 0 Å². The van der Waals surface area contributed by atoms with E-state index in [1.54, 1.807) is 19.2 Å². The second-order valence-corrected chi connectivity index (χ2v) is 5.94. The van der Waals surface area contributed by atoms with Crippen LogP contribution in [0.2, 0.25) is 0 Å². The van der Waals surface area contributed by atoms with Crippen LogP contribution in [0.3, 0.4) is 0 Å². The van der Waals surface area contributed by atoms with E-state index in [0.29, 0.717) is 5.92 Å². The summed E-state index contributed by atoms with van der Waals surface area (Å²) in [6.45, 7) is -2.98. The van der Waals surface area contributed by atoms with Crippen molar-refractivity contribution >= 4 is 5.91 Å². The molecule has 1 fully saturated rings. The molecule has 0 heterocycles. The molecule has 25 heavy (non-hydrogen) atoms. The van der Waals surface area contributed by atoms with Crippen LogP contribution >= 0.6 is 0 Å². The van der Waals surface area contributed by atoms with Crippen molar-refractivity contribution in [2.75, 3.05) is 7.11 Å². The molecule has 0 aliphatic heterocycles. The van der Waals surface area contributed by atoms with E-state index in [2.05, 4.69) is 10.1 Å². The quantitative estimate of drug-likeness (QED) is 0.817. The summed E-state index contributed by atoms with van der Waals surface area (Å²) >= 11 is 0. The Bertz CT molecular complexity index is 730. The van der Waals surface area contributed by atoms with Gasteiger partial charge in [0.05, 0.1) is 18.7 Å². The van der Waals surface area contributed by atoms with Crippen molar-refractivity contribution in [3.05, 3.63) is 59.7 Å². The molecule has 2 aromatic rings. The number of rotatable bonds is 7. The van der Waals surface area contributed by atoms with Gasteiger partial charge >= 0.3 is 6.61 Å². The molecule has 1 amide bonds. The van der Waals surface area contributed by atoms with E-state index < -0.39 is 12.5 Å². The van der Waals surface area contributed by atoms with Gasteiger partial charge in [0.25, 0.3) is 5.91 Å². The molecule has 0 aromatic heterocycles. The SMILES string of the molecule is COc1ccc(C(NC(=O)c2ccccc2OC(F)F)C2CC2)cc1. The number of hydrogen-bond acceptors (Lipinski definition) is 3. The van der Waals surface area contributed by atoms with Crippen molar-refractivity contribution in [2.24, 2.45) is 5.92 Å². The number of carbonyl (C=O) groups is 1. The highest BCUT2D eigenvalue weighted by atomic mass is 19.3. The van der Waals surface area contributed by atoms with Gasteiger partial charge in [-0.1, -0.05) is 24.3 Å². The van der Waals surface area contributed by atoms with E-state index in [9.17, 15) is 13.6 Å². The third-order valence-corrected chi connectivity index (χ3v) is 4.20. The minimum absolute atomic E-state index is 0.0990. The van der Waals surface area contributed by atoms with Crippen LogP contribution in [0.25, 0.3) is 0 Å². The number of methoxy groups -OCH3 is 1. The molecule has 4 nitrogen and oxygen atoms in total. The van der Waals surface area contributed by atoms with Gasteiger partial charge in [-0.3, -0.25) is 4.79 Å². The van der Waals surface area contributed by atoms with E-state index in [1.165, 1.54) is 12.1 Å². The van der Waals surface area contributed by atoms with Crippen molar-refractivity contribution in [3.63, 3.8) is 0 Å². The number of nitrogens with one attached hydrogen (secondary N) is 1. The molecule has 1 N–H and O–H groups in total. The first-order valence-corrected chi connectivity index (χ1v) is 8.07. The molecule has 0 saturated heterocycles. The minimum atomic E-state index is -2.98. The lowest BCUT2D eigenvalue weighted by Crippen LogP contribution is -2.30. The Balaban J connectivity index is 1.79. The molecule has 1 saturated carbocycles. The number of halogens is 2. The fraction of sp³-hybridized carbons (Fsp3) is 0.316. The molecular formula is C19H19F2NO3. The van der Waals surface area contributed by atoms with Crippen LogP contribution in [0.15, 0.2) is 48.5 Å². The molecular weight excluding hydrogens is 328 g/mol. The van der Waals surface area contributed by atoms with Gasteiger partial charge in [0.15, 0.2) is 0 Å². The largest absolute Gasteiger partial charge is 0.497 e. The first-order valence-electron chi connectivity index (χ1n) is 8.07. The average molecular weight is 347 g/mol. The first-order chi connectivity index (χ1) is 12.1. The van der Waals surface area contributed by atoms with Crippen molar-refractivity contribution in [2.45, 2.75) is 25.5 Å². The molecule has 3 rings (SSSR count). The van der Waals surface area contributed by atoms with Gasteiger partial charge in [-0.05, 0) is 48.6 Å². The third-order valence-electron chi connectivity index (χ3n) is 4.20. The van der Waals surface area contributed by atoms with Crippen molar-refractivity contribution in [1.82, 2.24) is 5.32 Å². The van der Waals surface area contributed by atoms with E-state index in [4.69, 9.17) is 4.74 Å². The summed E-state index contributed by atoms with van der Waals surface area (Å²) in [5.41, 5.74) is 1.06. The van der Waals surface area contributed by atoms with Crippen LogP contribution in [0.4, 0.5) is 8.78 Å². The van der Waals surface area contributed by atoms with Crippen molar-refractivity contribution in [3.8, 4) is 11.5 Å². The normalized spacial score (nSPS) is 14.9. The lowest BCUT2D eigenvalue weighted by molar-refractivity contribution is -0.0501. The Hall–Kier alpha value is -2.63. The molecule has 1 atom stereocenters. The fourth-order valence-corrected chi connectivity index (χ4v) is 2.79. The number of ether oxygens (including phenoxy) is 2. The van der Waals surface area contributed by atoms with Crippen molar-refractivity contribution < 1.29 is 23.0 Å². The molecule has 1 aliphatic rings. The number of para-hydroxylation sites is 1. The van der Waals surface area contributed by atoms with E-state index in [-0.39, 0.29) is 17.4 Å². The van der Waals surface area contributed by atoms with Crippen LogP contribution in [-0.2, 0) is 0 Å². The Kier molecular flexibility index (Phi) is 5.16. The van der Waals surface area contributed by atoms with Crippen LogP contribution < -0.4 is 14.8 Å². The highest BCUT2D eigenvalue weighted by Crippen LogP contribution is 2.41. The van der Waals surface area contributed by atoms with E-state index in [1.807, 2.05) is 24.3 Å². The molecule has 0 radical (unpaired) electrons. The number of carbonyl (C=O) groups excluding carboxylic acids is 1. The number of hydrogen-bond donors (Lipinski definition) is 1. The predicted molar refractivity (Wildman–Crippen MR) is 89.0 cm³/mol. The molecule has 1 aliphatic carbocycles. The maximum absolute atomic E-state index is 12.6. The summed E-state index contributed by atoms with van der Waals surface area (Å²) in [6, 6.07) is 13.3. The van der Waals surface area contributed by atoms with Crippen LogP contribution in [-0.4, -0.2) is 19.6 Å². The first kappa shape index (κ1) is 17.2. The molecule has 0 spiro atoms. The van der Waals surface area contributed by atoms with Crippen molar-refractivity contribution in [1.29, 1.82) is 0 Å². The van der Waals surface area contributed by atoms with Gasteiger partial charge in [-0.15, -0.1) is 0 Å². The molecule has 132 valence electrons. The summed E-state index contributed by atoms with van der Waals surface area (Å²) < 4.78 is 34.7. The second kappa shape index (κ2) is 7.51. The van der Waals surface area contributed by atoms with Gasteiger partial charge in [0, 0.05) is 0 Å². The highest BCUT2D eigenvalue weighted by molar-refractivity contribution is 5.97. The molecule has 6 heteroatoms. The summed E-state index contributed by atoms with van der Waals surface area (Å²) in [7, 11) is 1.59. The van der Waals surface area contributed by atoms with Crippen LogP contribution in [0, 0.1) is 5.92 Å². The van der Waals surface area contributed by atoms with E-state index in [0.717, 1.165) is 24.2 Å². The fourth-order valence-electron chi connectivity index (χ4n) is 2.79. The maximum atomic E-state index is 12.6. The van der Waals surface area contributed by atoms with Gasteiger partial charge < -0.3 is 14.8 Å². The van der Waals surface area contributed by atoms with Gasteiger partial charge in [-0.2, -0.15) is 8.78 Å². The lowest BCUT2D eigenvalue weighted by Gasteiger charge is -2.20. The standard InChI is InChI=1S/C19H19F2NO3/c1-24-14-10-8-13(9-11-14)17(12-6-7-12)22-18(23)15-4-2-3-5-16(15)25-19(20)21/h2-5,8-12,17,19H,6-7H2,1H3,(H,22,23). The zero-order chi connectivity index (χ0) is 17.8. The number of alkyl halides is 2. The number of amides is 1. The summed E-state index contributed by atoms with van der Waals surface area (Å²) in [4.78, 5) is 12.6. The lowest BCUT2D eigenvalue weighted by atomic mass is 10.0. The minimum Gasteiger partial charge on any atom is -0.497 e. The Morgan fingerprint density at radius 2 is 1.80 bits per heavy atom. The zero-order valence-corrected chi connectivity index (χ0v) is 13.7. The third kappa shape index (κ3) is 4.26. The Labute approximate surface area is 144 Å². The molecule has 2 aromatic carbocycles. The van der Waals surface area contributed by atoms with Gasteiger partial charge in [0.2, 0.25) is 0 Å². The average Bonchev–Trinajstić information content (AvgIpc) is 3.44. The Morgan fingerprint density at radius 1 is 1.12 bits per heavy atom. The topological polar surface area (TPSA) is 47.6 Å². The van der Waals surface area contributed by atoms with Crippen LogP contribution in [0.5, 0.6) is 11.5 Å². The highest BCUT2D eigenvalue weighted by Gasteiger charge is 2.34. The summed E-state index contributed by atoms with van der Waals surface area (Å²) in [5.74, 6) is 0.532. The van der Waals surface area contributed by atoms with E-state index >= 15 is 0 Å². The monoisotopic (exact) mass is 347 g/mol. The number of benzene rings is 2. The predicted octanol–water partition coefficient (Wildman–Crippen LogP) is 4.18.